The van der Waals surface area contributed by atoms with Gasteiger partial charge in [0.15, 0.2) is 0 Å². The van der Waals surface area contributed by atoms with Crippen molar-refractivity contribution in [1.82, 2.24) is 30.2 Å². The Morgan fingerprint density at radius 2 is 2.02 bits per heavy atom. The summed E-state index contributed by atoms with van der Waals surface area (Å²) in [5.74, 6) is -0.334. The molecular weight excluding hydrogens is 558 g/mol. The molecular formula is C31H31ClF2N8. The highest BCUT2D eigenvalue weighted by molar-refractivity contribution is 6.35. The number of fused-ring (bicyclic) bond motifs is 2. The largest absolute Gasteiger partial charge is 0.383 e. The van der Waals surface area contributed by atoms with E-state index in [-0.39, 0.29) is 11.3 Å². The van der Waals surface area contributed by atoms with Crippen molar-refractivity contribution >= 4 is 39.1 Å². The van der Waals surface area contributed by atoms with Crippen LogP contribution in [0.3, 0.4) is 0 Å². The average molecular weight is 589 g/mol. The highest BCUT2D eigenvalue weighted by atomic mass is 35.5. The van der Waals surface area contributed by atoms with E-state index in [1.165, 1.54) is 4.68 Å². The Labute approximate surface area is 247 Å². The molecule has 1 fully saturated rings. The molecule has 1 saturated carbocycles. The smallest absolute Gasteiger partial charge is 0.263 e. The number of nitrogens with zero attached hydrogens (tertiary/aromatic N) is 6. The fourth-order valence-electron chi connectivity index (χ4n) is 5.55. The van der Waals surface area contributed by atoms with Crippen LogP contribution in [0.4, 0.5) is 14.5 Å². The van der Waals surface area contributed by atoms with E-state index >= 15 is 0 Å². The molecule has 0 saturated heterocycles. The first kappa shape index (κ1) is 28.0. The zero-order valence-corrected chi connectivity index (χ0v) is 24.6. The number of hydrogen-bond acceptors (Lipinski definition) is 6. The molecule has 6 rings (SSSR count). The number of halogens is 3. The second-order valence-electron chi connectivity index (χ2n) is 12.4. The second kappa shape index (κ2) is 10.3. The minimum absolute atomic E-state index is 0.0288. The van der Waals surface area contributed by atoms with Gasteiger partial charge in [0.1, 0.15) is 11.6 Å². The van der Waals surface area contributed by atoms with Crippen LogP contribution in [0, 0.1) is 23.7 Å². The topological polar surface area (TPSA) is 108 Å². The summed E-state index contributed by atoms with van der Waals surface area (Å²) < 4.78 is 29.2. The molecule has 8 nitrogen and oxygen atoms in total. The SMILES string of the molecule is Cc1[nH]nc2cccc([C@H](Cc3cc(Cl)c4ncc(C#N)c(NCC(C)(C)C)c4c3)c3cn(C4(C(F)F)CC4)nn3)c12. The first-order chi connectivity index (χ1) is 20.0. The number of H-pyrrole nitrogens is 1. The molecule has 3 aromatic heterocycles. The molecule has 0 aliphatic heterocycles. The molecule has 11 heteroatoms. The van der Waals surface area contributed by atoms with Crippen LogP contribution in [0.15, 0.2) is 42.7 Å². The molecule has 2 N–H and O–H groups in total. The number of aromatic nitrogens is 6. The maximum absolute atomic E-state index is 13.9. The van der Waals surface area contributed by atoms with Crippen LogP contribution < -0.4 is 5.32 Å². The number of pyridine rings is 1. The first-order valence-corrected chi connectivity index (χ1v) is 14.3. The van der Waals surface area contributed by atoms with Crippen molar-refractivity contribution in [2.45, 2.75) is 64.8 Å². The number of rotatable bonds is 8. The van der Waals surface area contributed by atoms with Gasteiger partial charge < -0.3 is 5.32 Å². The average Bonchev–Trinajstić information content (AvgIpc) is 3.47. The summed E-state index contributed by atoms with van der Waals surface area (Å²) in [7, 11) is 0. The number of aryl methyl sites for hydroxylation is 1. The van der Waals surface area contributed by atoms with Crippen molar-refractivity contribution in [1.29, 1.82) is 5.26 Å². The summed E-state index contributed by atoms with van der Waals surface area (Å²) in [4.78, 5) is 4.49. The van der Waals surface area contributed by atoms with Gasteiger partial charge in [-0.25, -0.2) is 13.5 Å². The van der Waals surface area contributed by atoms with Crippen LogP contribution in [-0.2, 0) is 12.0 Å². The Hall–Kier alpha value is -4.10. The molecule has 0 unspecified atom stereocenters. The number of hydrogen-bond donors (Lipinski definition) is 2. The van der Waals surface area contributed by atoms with E-state index in [4.69, 9.17) is 11.6 Å². The minimum atomic E-state index is -2.52. The molecule has 0 amide bonds. The summed E-state index contributed by atoms with van der Waals surface area (Å²) in [5, 5.41) is 31.6. The van der Waals surface area contributed by atoms with Crippen molar-refractivity contribution in [3.63, 3.8) is 0 Å². The maximum atomic E-state index is 13.9. The molecule has 1 atom stereocenters. The van der Waals surface area contributed by atoms with Crippen molar-refractivity contribution in [2.75, 3.05) is 11.9 Å². The molecule has 0 radical (unpaired) electrons. The van der Waals surface area contributed by atoms with Crippen LogP contribution in [0.2, 0.25) is 5.02 Å². The number of nitrogens with one attached hydrogen (secondary N) is 2. The number of alkyl halides is 2. The van der Waals surface area contributed by atoms with Crippen LogP contribution in [0.25, 0.3) is 21.8 Å². The summed E-state index contributed by atoms with van der Waals surface area (Å²) >= 11 is 6.80. The van der Waals surface area contributed by atoms with Gasteiger partial charge in [-0.2, -0.15) is 10.4 Å². The van der Waals surface area contributed by atoms with E-state index in [0.717, 1.165) is 33.1 Å². The Bertz CT molecular complexity index is 1840. The highest BCUT2D eigenvalue weighted by Gasteiger charge is 2.54. The quantitative estimate of drug-likeness (QED) is 0.200. The van der Waals surface area contributed by atoms with E-state index < -0.39 is 12.0 Å². The summed E-state index contributed by atoms with van der Waals surface area (Å²) in [6, 6.07) is 12.0. The Morgan fingerprint density at radius 3 is 2.71 bits per heavy atom. The molecule has 3 heterocycles. The molecule has 5 aromatic rings. The third kappa shape index (κ3) is 4.96. The first-order valence-electron chi connectivity index (χ1n) is 13.9. The predicted octanol–water partition coefficient (Wildman–Crippen LogP) is 7.12. The van der Waals surface area contributed by atoms with Gasteiger partial charge in [0.05, 0.1) is 33.0 Å². The lowest BCUT2D eigenvalue weighted by molar-refractivity contribution is 0.0593. The highest BCUT2D eigenvalue weighted by Crippen LogP contribution is 2.48. The van der Waals surface area contributed by atoms with Crippen molar-refractivity contribution in [3.05, 3.63) is 75.8 Å². The van der Waals surface area contributed by atoms with Crippen LogP contribution >= 0.6 is 11.6 Å². The minimum Gasteiger partial charge on any atom is -0.383 e. The van der Waals surface area contributed by atoms with E-state index in [2.05, 4.69) is 57.7 Å². The third-order valence-electron chi connectivity index (χ3n) is 8.00. The fraction of sp³-hybridized carbons (Fsp3) is 0.387. The second-order valence-corrected chi connectivity index (χ2v) is 12.8. The maximum Gasteiger partial charge on any atom is 0.263 e. The number of anilines is 1. The third-order valence-corrected chi connectivity index (χ3v) is 8.29. The van der Waals surface area contributed by atoms with Gasteiger partial charge in [-0.15, -0.1) is 5.10 Å². The molecule has 42 heavy (non-hydrogen) atoms. The zero-order valence-electron chi connectivity index (χ0n) is 23.8. The van der Waals surface area contributed by atoms with Crippen molar-refractivity contribution in [3.8, 4) is 6.07 Å². The molecule has 2 aromatic carbocycles. The Kier molecular flexibility index (Phi) is 6.89. The van der Waals surface area contributed by atoms with Gasteiger partial charge in [0.2, 0.25) is 0 Å². The molecule has 216 valence electrons. The standard InChI is InChI=1S/C31H31ClF2N8/c1-17-26-20(6-5-7-24(26)39-38-17)21(25-15-42(41-40-25)31(8-9-31)29(33)34)10-18-11-22-27(37-16-30(2,3)4)19(13-35)14-36-28(22)23(32)12-18/h5-7,11-12,14-15,21,29H,8-10,16H2,1-4H3,(H,36,37)(H,38,39)/t21-/m0/s1. The lowest BCUT2D eigenvalue weighted by Gasteiger charge is -2.22. The monoisotopic (exact) mass is 588 g/mol. The molecule has 1 aliphatic carbocycles. The lowest BCUT2D eigenvalue weighted by Crippen LogP contribution is -2.26. The molecule has 1 aliphatic rings. The number of benzene rings is 2. The van der Waals surface area contributed by atoms with Gasteiger partial charge in [-0.1, -0.05) is 49.7 Å². The van der Waals surface area contributed by atoms with E-state index in [1.54, 1.807) is 12.4 Å². The predicted molar refractivity (Wildman–Crippen MR) is 159 cm³/mol. The number of aromatic amines is 1. The van der Waals surface area contributed by atoms with Crippen molar-refractivity contribution in [2.24, 2.45) is 5.41 Å². The summed E-state index contributed by atoms with van der Waals surface area (Å²) in [6.07, 6.45) is 1.87. The van der Waals surface area contributed by atoms with Crippen LogP contribution in [0.5, 0.6) is 0 Å². The summed E-state index contributed by atoms with van der Waals surface area (Å²) in [5.41, 5.74) is 4.53. The van der Waals surface area contributed by atoms with E-state index in [9.17, 15) is 14.0 Å². The van der Waals surface area contributed by atoms with Gasteiger partial charge in [0.25, 0.3) is 6.43 Å². The van der Waals surface area contributed by atoms with E-state index in [1.807, 2.05) is 37.3 Å². The molecule has 0 spiro atoms. The van der Waals surface area contributed by atoms with Crippen LogP contribution in [0.1, 0.15) is 67.6 Å². The number of nitriles is 1. The van der Waals surface area contributed by atoms with E-state index in [0.29, 0.717) is 53.3 Å². The van der Waals surface area contributed by atoms with Gasteiger partial charge in [-0.05, 0) is 60.9 Å². The van der Waals surface area contributed by atoms with Gasteiger partial charge in [0, 0.05) is 41.3 Å². The van der Waals surface area contributed by atoms with Crippen LogP contribution in [-0.4, -0.2) is 43.1 Å². The van der Waals surface area contributed by atoms with Crippen molar-refractivity contribution < 1.29 is 8.78 Å². The Morgan fingerprint density at radius 1 is 1.24 bits per heavy atom. The Balaban J connectivity index is 1.49. The lowest BCUT2D eigenvalue weighted by atomic mass is 9.86. The normalized spacial score (nSPS) is 15.3. The molecule has 0 bridgehead atoms. The van der Waals surface area contributed by atoms with Gasteiger partial charge >= 0.3 is 0 Å². The summed E-state index contributed by atoms with van der Waals surface area (Å²) in [6.45, 7) is 8.94. The van der Waals surface area contributed by atoms with Gasteiger partial charge in [-0.3, -0.25) is 10.1 Å². The fourth-order valence-corrected chi connectivity index (χ4v) is 5.84. The zero-order chi connectivity index (χ0) is 29.8.